The van der Waals surface area contributed by atoms with Crippen LogP contribution in [0.1, 0.15) is 78.1 Å². The molecule has 0 aliphatic carbocycles. The van der Waals surface area contributed by atoms with Crippen LogP contribution in [0, 0.1) is 0 Å². The Morgan fingerprint density at radius 1 is 0.694 bits per heavy atom. The summed E-state index contributed by atoms with van der Waals surface area (Å²) in [4.78, 5) is 30.2. The van der Waals surface area contributed by atoms with Gasteiger partial charge in [-0.3, -0.25) is 9.59 Å². The zero-order valence-electron chi connectivity index (χ0n) is 22.0. The molecule has 6 nitrogen and oxygen atoms in total. The summed E-state index contributed by atoms with van der Waals surface area (Å²) in [6.07, 6.45) is 9.49. The molecule has 2 amide bonds. The Hall–Kier alpha value is -3.02. The van der Waals surface area contributed by atoms with Crippen LogP contribution in [0.3, 0.4) is 0 Å². The van der Waals surface area contributed by atoms with Gasteiger partial charge in [0.1, 0.15) is 0 Å². The first-order chi connectivity index (χ1) is 17.5. The second kappa shape index (κ2) is 12.8. The van der Waals surface area contributed by atoms with E-state index in [1.54, 1.807) is 0 Å². The normalized spacial score (nSPS) is 20.2. The Morgan fingerprint density at radius 3 is 1.53 bits per heavy atom. The maximum Gasteiger partial charge on any atom is 0.224 e. The van der Waals surface area contributed by atoms with Crippen LogP contribution in [0.4, 0.5) is 22.7 Å². The molecule has 0 radical (unpaired) electrons. The monoisotopic (exact) mass is 490 g/mol. The van der Waals surface area contributed by atoms with Crippen molar-refractivity contribution < 1.29 is 9.59 Å². The smallest absolute Gasteiger partial charge is 0.224 e. The number of hydrogen-bond donors (Lipinski definition) is 2. The Morgan fingerprint density at radius 2 is 1.11 bits per heavy atom. The molecule has 2 atom stereocenters. The fourth-order valence-electron chi connectivity index (χ4n) is 5.57. The number of anilines is 4. The number of nitrogens with zero attached hydrogens (tertiary/aromatic N) is 2. The number of unbranched alkanes of at least 4 members (excludes halogenated alkanes) is 1. The molecule has 4 rings (SSSR count). The molecule has 2 heterocycles. The molecule has 0 aromatic heterocycles. The van der Waals surface area contributed by atoms with Crippen molar-refractivity contribution >= 4 is 34.6 Å². The minimum atomic E-state index is 0.0111. The molecular formula is C30H42N4O2. The first-order valence-electron chi connectivity index (χ1n) is 13.8. The van der Waals surface area contributed by atoms with Crippen molar-refractivity contribution in [1.82, 2.24) is 0 Å². The van der Waals surface area contributed by atoms with E-state index in [1.165, 1.54) is 38.5 Å². The van der Waals surface area contributed by atoms with Gasteiger partial charge >= 0.3 is 0 Å². The predicted molar refractivity (Wildman–Crippen MR) is 150 cm³/mol. The molecule has 0 bridgehead atoms. The molecule has 2 aliphatic rings. The van der Waals surface area contributed by atoms with Crippen molar-refractivity contribution in [1.29, 1.82) is 0 Å². The van der Waals surface area contributed by atoms with Gasteiger partial charge in [-0.2, -0.15) is 0 Å². The van der Waals surface area contributed by atoms with Crippen molar-refractivity contribution in [3.63, 3.8) is 0 Å². The summed E-state index contributed by atoms with van der Waals surface area (Å²) in [6.45, 7) is 6.58. The summed E-state index contributed by atoms with van der Waals surface area (Å²) in [7, 11) is 0. The Balaban J connectivity index is 1.24. The molecule has 0 spiro atoms. The molecule has 2 saturated heterocycles. The van der Waals surface area contributed by atoms with Crippen LogP contribution in [-0.2, 0) is 9.59 Å². The van der Waals surface area contributed by atoms with Crippen LogP contribution in [-0.4, -0.2) is 37.0 Å². The zero-order chi connectivity index (χ0) is 25.3. The average molecular weight is 491 g/mol. The minimum Gasteiger partial charge on any atom is -0.367 e. The van der Waals surface area contributed by atoms with E-state index in [0.29, 0.717) is 37.8 Å². The van der Waals surface area contributed by atoms with Gasteiger partial charge in [0.05, 0.1) is 22.7 Å². The van der Waals surface area contributed by atoms with Crippen LogP contribution in [0.25, 0.3) is 0 Å². The van der Waals surface area contributed by atoms with Gasteiger partial charge in [0, 0.05) is 38.0 Å². The molecule has 6 heteroatoms. The van der Waals surface area contributed by atoms with E-state index >= 15 is 0 Å². The van der Waals surface area contributed by atoms with Gasteiger partial charge in [0.15, 0.2) is 0 Å². The summed E-state index contributed by atoms with van der Waals surface area (Å²) in [5.41, 5.74) is 3.99. The van der Waals surface area contributed by atoms with Crippen molar-refractivity contribution in [3.05, 3.63) is 48.5 Å². The number of para-hydroxylation sites is 4. The molecule has 2 aromatic rings. The van der Waals surface area contributed by atoms with Gasteiger partial charge in [-0.1, -0.05) is 24.3 Å². The van der Waals surface area contributed by atoms with Crippen LogP contribution in [0.15, 0.2) is 48.5 Å². The Bertz CT molecular complexity index is 942. The van der Waals surface area contributed by atoms with Gasteiger partial charge in [-0.15, -0.1) is 0 Å². The molecule has 36 heavy (non-hydrogen) atoms. The van der Waals surface area contributed by atoms with Gasteiger partial charge in [0.2, 0.25) is 11.8 Å². The van der Waals surface area contributed by atoms with E-state index in [9.17, 15) is 9.59 Å². The summed E-state index contributed by atoms with van der Waals surface area (Å²) >= 11 is 0. The SMILES string of the molecule is CC1CCCCN1c1ccccc1NC(=O)CCCCC(=O)Nc1ccccc1N1CCCCC1C. The molecule has 2 N–H and O–H groups in total. The third-order valence-electron chi connectivity index (χ3n) is 7.64. The number of benzene rings is 2. The molecule has 194 valence electrons. The first kappa shape index (κ1) is 26.1. The largest absolute Gasteiger partial charge is 0.367 e. The van der Waals surface area contributed by atoms with E-state index < -0.39 is 0 Å². The maximum absolute atomic E-state index is 12.7. The lowest BCUT2D eigenvalue weighted by Crippen LogP contribution is -2.38. The third kappa shape index (κ3) is 6.80. The molecule has 2 aromatic carbocycles. The number of carbonyl (C=O) groups is 2. The number of carbonyl (C=O) groups excluding carboxylic acids is 2. The average Bonchev–Trinajstić information content (AvgIpc) is 2.88. The summed E-state index contributed by atoms with van der Waals surface area (Å²) in [6, 6.07) is 17.2. The van der Waals surface area contributed by atoms with Gasteiger partial charge < -0.3 is 20.4 Å². The molecule has 2 aliphatic heterocycles. The van der Waals surface area contributed by atoms with Crippen molar-refractivity contribution in [2.45, 2.75) is 90.1 Å². The maximum atomic E-state index is 12.7. The lowest BCUT2D eigenvalue weighted by Gasteiger charge is -2.36. The van der Waals surface area contributed by atoms with Crippen LogP contribution < -0.4 is 20.4 Å². The van der Waals surface area contributed by atoms with E-state index in [0.717, 1.165) is 35.8 Å². The molecular weight excluding hydrogens is 448 g/mol. The lowest BCUT2D eigenvalue weighted by atomic mass is 10.0. The summed E-state index contributed by atoms with van der Waals surface area (Å²) in [5, 5.41) is 6.24. The molecule has 0 saturated carbocycles. The Kier molecular flexibility index (Phi) is 9.26. The number of piperidine rings is 2. The number of amides is 2. The topological polar surface area (TPSA) is 64.7 Å². The quantitative estimate of drug-likeness (QED) is 0.390. The van der Waals surface area contributed by atoms with E-state index in [2.05, 4.69) is 46.4 Å². The predicted octanol–water partition coefficient (Wildman–Crippen LogP) is 6.58. The Labute approximate surface area is 216 Å². The van der Waals surface area contributed by atoms with Crippen LogP contribution >= 0.6 is 0 Å². The second-order valence-corrected chi connectivity index (χ2v) is 10.4. The first-order valence-corrected chi connectivity index (χ1v) is 13.8. The molecule has 2 fully saturated rings. The highest BCUT2D eigenvalue weighted by Gasteiger charge is 2.22. The van der Waals surface area contributed by atoms with Crippen molar-refractivity contribution in [2.24, 2.45) is 0 Å². The van der Waals surface area contributed by atoms with Gasteiger partial charge in [-0.05, 0) is 89.5 Å². The number of hydrogen-bond acceptors (Lipinski definition) is 4. The lowest BCUT2D eigenvalue weighted by molar-refractivity contribution is -0.118. The fraction of sp³-hybridized carbons (Fsp3) is 0.533. The third-order valence-corrected chi connectivity index (χ3v) is 7.64. The van der Waals surface area contributed by atoms with E-state index in [1.807, 2.05) is 36.4 Å². The number of nitrogens with one attached hydrogen (secondary N) is 2. The van der Waals surface area contributed by atoms with Crippen LogP contribution in [0.5, 0.6) is 0 Å². The highest BCUT2D eigenvalue weighted by atomic mass is 16.2. The standard InChI is InChI=1S/C30H42N4O2/c1-23-13-9-11-21-33(23)27-17-5-3-15-25(27)31-29(35)19-7-8-20-30(36)32-26-16-4-6-18-28(26)34-22-12-10-14-24(34)2/h3-6,15-18,23-24H,7-14,19-22H2,1-2H3,(H,31,35)(H,32,36). The number of rotatable bonds is 9. The van der Waals surface area contributed by atoms with Crippen molar-refractivity contribution in [3.8, 4) is 0 Å². The van der Waals surface area contributed by atoms with E-state index in [4.69, 9.17) is 0 Å². The molecule has 2 unspecified atom stereocenters. The zero-order valence-corrected chi connectivity index (χ0v) is 22.0. The van der Waals surface area contributed by atoms with Crippen molar-refractivity contribution in [2.75, 3.05) is 33.5 Å². The van der Waals surface area contributed by atoms with Crippen LogP contribution in [0.2, 0.25) is 0 Å². The summed E-state index contributed by atoms with van der Waals surface area (Å²) in [5.74, 6) is 0.0221. The van der Waals surface area contributed by atoms with Gasteiger partial charge in [-0.25, -0.2) is 0 Å². The van der Waals surface area contributed by atoms with E-state index in [-0.39, 0.29) is 11.8 Å². The second-order valence-electron chi connectivity index (χ2n) is 10.4. The van der Waals surface area contributed by atoms with Gasteiger partial charge in [0.25, 0.3) is 0 Å². The highest BCUT2D eigenvalue weighted by molar-refractivity contribution is 5.95. The summed E-state index contributed by atoms with van der Waals surface area (Å²) < 4.78 is 0. The highest BCUT2D eigenvalue weighted by Crippen LogP contribution is 2.32. The minimum absolute atomic E-state index is 0.0111. The fourth-order valence-corrected chi connectivity index (χ4v) is 5.57.